The second kappa shape index (κ2) is 10.8. The second-order valence-electron chi connectivity index (χ2n) is 7.26. The van der Waals surface area contributed by atoms with Gasteiger partial charge in [-0.1, -0.05) is 54.2 Å². The summed E-state index contributed by atoms with van der Waals surface area (Å²) in [6, 6.07) is 21.5. The predicted molar refractivity (Wildman–Crippen MR) is 128 cm³/mol. The monoisotopic (exact) mass is 463 g/mol. The van der Waals surface area contributed by atoms with Gasteiger partial charge in [-0.2, -0.15) is 5.10 Å². The third-order valence-corrected chi connectivity index (χ3v) is 5.96. The summed E-state index contributed by atoms with van der Waals surface area (Å²) in [5.41, 5.74) is 2.73. The van der Waals surface area contributed by atoms with Crippen LogP contribution in [0.2, 0.25) is 0 Å². The molecule has 4 rings (SSSR count). The van der Waals surface area contributed by atoms with E-state index in [9.17, 15) is 9.18 Å². The second-order valence-corrected chi connectivity index (χ2v) is 8.45. The molecular formula is C25H22FN3O3S. The van der Waals surface area contributed by atoms with Gasteiger partial charge < -0.3 is 14.8 Å². The molecule has 0 aromatic heterocycles. The third-order valence-electron chi connectivity index (χ3n) is 4.89. The molecule has 1 aliphatic rings. The zero-order valence-corrected chi connectivity index (χ0v) is 18.7. The number of thioether (sulfide) groups is 1. The molecular weight excluding hydrogens is 441 g/mol. The normalized spacial score (nSPS) is 16.8. The van der Waals surface area contributed by atoms with E-state index in [1.54, 1.807) is 25.5 Å². The fourth-order valence-electron chi connectivity index (χ4n) is 3.19. The minimum atomic E-state index is -0.328. The van der Waals surface area contributed by atoms with Crippen LogP contribution in [0.25, 0.3) is 0 Å². The first-order chi connectivity index (χ1) is 16.1. The predicted octanol–water partition coefficient (Wildman–Crippen LogP) is 4.58. The molecule has 1 saturated heterocycles. The molecule has 0 unspecified atom stereocenters. The van der Waals surface area contributed by atoms with Crippen molar-refractivity contribution >= 4 is 29.1 Å². The van der Waals surface area contributed by atoms with Crippen molar-refractivity contribution in [1.29, 1.82) is 0 Å². The van der Waals surface area contributed by atoms with Gasteiger partial charge in [-0.05, 0) is 53.4 Å². The van der Waals surface area contributed by atoms with Crippen LogP contribution in [-0.4, -0.2) is 29.6 Å². The van der Waals surface area contributed by atoms with Crippen molar-refractivity contribution in [3.63, 3.8) is 0 Å². The van der Waals surface area contributed by atoms with Gasteiger partial charge in [0, 0.05) is 0 Å². The molecule has 1 atom stereocenters. The standard InChI is InChI=1S/C25H22FN3O3S/c1-31-22-13-19(9-12-21(22)32-16-18-5-3-2-4-6-18)15-27-29-25-28-24(30)23(33-25)14-17-7-10-20(26)11-8-17/h2-13,15,23H,14,16H2,1H3,(H,28,29,30)/b27-15-/t23-/m0/s1. The molecule has 6 nitrogen and oxygen atoms in total. The summed E-state index contributed by atoms with van der Waals surface area (Å²) in [6.07, 6.45) is 2.07. The summed E-state index contributed by atoms with van der Waals surface area (Å²) in [5, 5.41) is 11.0. The van der Waals surface area contributed by atoms with Crippen LogP contribution in [-0.2, 0) is 17.8 Å². The van der Waals surface area contributed by atoms with Crippen LogP contribution in [0.15, 0.2) is 83.0 Å². The summed E-state index contributed by atoms with van der Waals surface area (Å²) >= 11 is 1.30. The Morgan fingerprint density at radius 3 is 2.58 bits per heavy atom. The lowest BCUT2D eigenvalue weighted by molar-refractivity contribution is -0.118. The van der Waals surface area contributed by atoms with E-state index in [4.69, 9.17) is 9.47 Å². The minimum absolute atomic E-state index is 0.139. The number of hydrogen-bond acceptors (Lipinski definition) is 6. The Balaban J connectivity index is 1.36. The number of rotatable bonds is 8. The van der Waals surface area contributed by atoms with Gasteiger partial charge in [0.1, 0.15) is 12.4 Å². The van der Waals surface area contributed by atoms with Gasteiger partial charge in [-0.25, -0.2) is 4.39 Å². The summed E-state index contributed by atoms with van der Waals surface area (Å²) in [4.78, 5) is 12.2. The molecule has 0 spiro atoms. The fourth-order valence-corrected chi connectivity index (χ4v) is 4.15. The summed E-state index contributed by atoms with van der Waals surface area (Å²) in [5.74, 6) is 0.781. The number of nitrogens with zero attached hydrogens (tertiary/aromatic N) is 2. The summed E-state index contributed by atoms with van der Waals surface area (Å²) in [7, 11) is 1.58. The molecule has 1 aliphatic heterocycles. The zero-order valence-electron chi connectivity index (χ0n) is 17.9. The molecule has 33 heavy (non-hydrogen) atoms. The highest BCUT2D eigenvalue weighted by Crippen LogP contribution is 2.28. The highest BCUT2D eigenvalue weighted by molar-refractivity contribution is 8.15. The van der Waals surface area contributed by atoms with Crippen molar-refractivity contribution < 1.29 is 18.7 Å². The molecule has 1 heterocycles. The molecule has 3 aromatic rings. The summed E-state index contributed by atoms with van der Waals surface area (Å²) < 4.78 is 24.4. The molecule has 8 heteroatoms. The number of halogens is 1. The molecule has 1 amide bonds. The van der Waals surface area contributed by atoms with Gasteiger partial charge in [-0.15, -0.1) is 5.10 Å². The number of amidine groups is 1. The first-order valence-electron chi connectivity index (χ1n) is 10.3. The highest BCUT2D eigenvalue weighted by Gasteiger charge is 2.30. The van der Waals surface area contributed by atoms with E-state index in [0.29, 0.717) is 29.7 Å². The number of carbonyl (C=O) groups excluding carboxylic acids is 1. The van der Waals surface area contributed by atoms with Crippen LogP contribution >= 0.6 is 11.8 Å². The van der Waals surface area contributed by atoms with Crippen LogP contribution < -0.4 is 14.8 Å². The molecule has 3 aromatic carbocycles. The van der Waals surface area contributed by atoms with Crippen molar-refractivity contribution in [3.8, 4) is 11.5 Å². The number of hydrogen-bond donors (Lipinski definition) is 1. The van der Waals surface area contributed by atoms with Crippen LogP contribution in [0.5, 0.6) is 11.5 Å². The van der Waals surface area contributed by atoms with Crippen molar-refractivity contribution in [1.82, 2.24) is 5.32 Å². The average molecular weight is 464 g/mol. The van der Waals surface area contributed by atoms with E-state index < -0.39 is 0 Å². The minimum Gasteiger partial charge on any atom is -0.493 e. The lowest BCUT2D eigenvalue weighted by Gasteiger charge is -2.11. The topological polar surface area (TPSA) is 72.3 Å². The number of nitrogens with one attached hydrogen (secondary N) is 1. The number of ether oxygens (including phenoxy) is 2. The van der Waals surface area contributed by atoms with Crippen LogP contribution in [0.3, 0.4) is 0 Å². The van der Waals surface area contributed by atoms with E-state index in [-0.39, 0.29) is 17.0 Å². The SMILES string of the molecule is COc1cc(/C=N\N=C2\NC(=O)[C@H](Cc3ccc(F)cc3)S2)ccc1OCc1ccccc1. The van der Waals surface area contributed by atoms with Crippen LogP contribution in [0.4, 0.5) is 4.39 Å². The largest absolute Gasteiger partial charge is 0.493 e. The highest BCUT2D eigenvalue weighted by atomic mass is 32.2. The number of benzene rings is 3. The molecule has 0 bridgehead atoms. The Morgan fingerprint density at radius 2 is 1.82 bits per heavy atom. The van der Waals surface area contributed by atoms with Crippen LogP contribution in [0.1, 0.15) is 16.7 Å². The molecule has 1 N–H and O–H groups in total. The van der Waals surface area contributed by atoms with Gasteiger partial charge in [0.2, 0.25) is 5.91 Å². The zero-order chi connectivity index (χ0) is 23.0. The molecule has 1 fully saturated rings. The maximum Gasteiger partial charge on any atom is 0.239 e. The third kappa shape index (κ3) is 6.20. The quantitative estimate of drug-likeness (QED) is 0.392. The van der Waals surface area contributed by atoms with E-state index in [0.717, 1.165) is 16.7 Å². The van der Waals surface area contributed by atoms with Crippen LogP contribution in [0, 0.1) is 5.82 Å². The maximum atomic E-state index is 13.1. The van der Waals surface area contributed by atoms with E-state index >= 15 is 0 Å². The van der Waals surface area contributed by atoms with Crippen molar-refractivity contribution in [3.05, 3.63) is 95.3 Å². The smallest absolute Gasteiger partial charge is 0.239 e. The molecule has 168 valence electrons. The lowest BCUT2D eigenvalue weighted by atomic mass is 10.1. The number of methoxy groups -OCH3 is 1. The Morgan fingerprint density at radius 1 is 1.03 bits per heavy atom. The Bertz CT molecular complexity index is 1170. The van der Waals surface area contributed by atoms with E-state index in [1.165, 1.54) is 23.9 Å². The first kappa shape index (κ1) is 22.5. The Labute approximate surface area is 195 Å². The number of amides is 1. The maximum absolute atomic E-state index is 13.1. The van der Waals surface area contributed by atoms with Gasteiger partial charge in [-0.3, -0.25) is 4.79 Å². The molecule has 0 aliphatic carbocycles. The molecule has 0 saturated carbocycles. The van der Waals surface area contributed by atoms with Gasteiger partial charge in [0.15, 0.2) is 16.7 Å². The van der Waals surface area contributed by atoms with E-state index in [1.807, 2.05) is 48.5 Å². The van der Waals surface area contributed by atoms with Crippen molar-refractivity contribution in [2.24, 2.45) is 10.2 Å². The Hall–Kier alpha value is -3.65. The number of carbonyl (C=O) groups is 1. The van der Waals surface area contributed by atoms with Gasteiger partial charge in [0.25, 0.3) is 0 Å². The first-order valence-corrected chi connectivity index (χ1v) is 11.2. The Kier molecular flexibility index (Phi) is 7.36. The van der Waals surface area contributed by atoms with Gasteiger partial charge >= 0.3 is 0 Å². The average Bonchev–Trinajstić information content (AvgIpc) is 3.19. The van der Waals surface area contributed by atoms with Crippen molar-refractivity contribution in [2.45, 2.75) is 18.3 Å². The fraction of sp³-hybridized carbons (Fsp3) is 0.160. The lowest BCUT2D eigenvalue weighted by Crippen LogP contribution is -2.25. The van der Waals surface area contributed by atoms with Crippen molar-refractivity contribution in [2.75, 3.05) is 7.11 Å². The summed E-state index contributed by atoms with van der Waals surface area (Å²) in [6.45, 7) is 0.439. The van der Waals surface area contributed by atoms with E-state index in [2.05, 4.69) is 15.5 Å². The molecule has 0 radical (unpaired) electrons. The van der Waals surface area contributed by atoms with Gasteiger partial charge in [0.05, 0.1) is 18.6 Å².